The van der Waals surface area contributed by atoms with Crippen LogP contribution in [0.3, 0.4) is 0 Å². The van der Waals surface area contributed by atoms with Crippen molar-refractivity contribution in [3.8, 4) is 11.5 Å². The normalized spacial score (nSPS) is 11.2. The maximum Gasteiger partial charge on any atom is 0.175 e. The van der Waals surface area contributed by atoms with Gasteiger partial charge in [0.15, 0.2) is 11.5 Å². The molecule has 0 saturated carbocycles. The third kappa shape index (κ3) is 4.80. The highest BCUT2D eigenvalue weighted by Crippen LogP contribution is 2.37. The summed E-state index contributed by atoms with van der Waals surface area (Å²) in [6, 6.07) is 24.7. The number of methoxy groups -OCH3 is 1. The van der Waals surface area contributed by atoms with E-state index in [1.165, 1.54) is 21.9 Å². The Morgan fingerprint density at radius 3 is 2.52 bits per heavy atom. The first-order valence-electron chi connectivity index (χ1n) is 10.1. The molecule has 31 heavy (non-hydrogen) atoms. The van der Waals surface area contributed by atoms with Crippen LogP contribution in [-0.4, -0.2) is 13.3 Å². The predicted molar refractivity (Wildman–Crippen MR) is 132 cm³/mol. The standard InChI is InChI=1S/C27H24BrNO2/c1-18-11-12-23(13-19(18)2)29-16-20-14-25(28)27(26(15-20)30-3)31-17-22-9-6-8-21-7-4-5-10-24(21)22/h4-16H,17H2,1-3H3. The van der Waals surface area contributed by atoms with Crippen LogP contribution in [0, 0.1) is 13.8 Å². The van der Waals surface area contributed by atoms with Gasteiger partial charge in [-0.3, -0.25) is 4.99 Å². The van der Waals surface area contributed by atoms with Crippen molar-refractivity contribution in [2.75, 3.05) is 7.11 Å². The number of hydrogen-bond acceptors (Lipinski definition) is 3. The molecule has 0 bridgehead atoms. The molecule has 0 spiro atoms. The van der Waals surface area contributed by atoms with Crippen molar-refractivity contribution < 1.29 is 9.47 Å². The molecule has 4 rings (SSSR count). The monoisotopic (exact) mass is 473 g/mol. The first-order valence-corrected chi connectivity index (χ1v) is 10.9. The van der Waals surface area contributed by atoms with Gasteiger partial charge in [-0.1, -0.05) is 48.5 Å². The summed E-state index contributed by atoms with van der Waals surface area (Å²) in [6.45, 7) is 4.64. The summed E-state index contributed by atoms with van der Waals surface area (Å²) in [7, 11) is 1.65. The zero-order valence-corrected chi connectivity index (χ0v) is 19.4. The minimum atomic E-state index is 0.451. The minimum absolute atomic E-state index is 0.451. The number of aryl methyl sites for hydroxylation is 2. The number of ether oxygens (including phenoxy) is 2. The van der Waals surface area contributed by atoms with Crippen LogP contribution >= 0.6 is 15.9 Å². The molecule has 3 nitrogen and oxygen atoms in total. The van der Waals surface area contributed by atoms with Gasteiger partial charge < -0.3 is 9.47 Å². The van der Waals surface area contributed by atoms with E-state index < -0.39 is 0 Å². The molecule has 0 unspecified atom stereocenters. The van der Waals surface area contributed by atoms with Gasteiger partial charge in [-0.2, -0.15) is 0 Å². The van der Waals surface area contributed by atoms with Crippen LogP contribution in [0.5, 0.6) is 11.5 Å². The first kappa shape index (κ1) is 21.1. The molecule has 0 amide bonds. The molecule has 0 aromatic heterocycles. The molecule has 0 radical (unpaired) electrons. The van der Waals surface area contributed by atoms with E-state index in [1.54, 1.807) is 7.11 Å². The highest BCUT2D eigenvalue weighted by molar-refractivity contribution is 9.10. The van der Waals surface area contributed by atoms with Gasteiger partial charge in [0.05, 0.1) is 17.3 Å². The Labute approximate surface area is 191 Å². The molecule has 0 fully saturated rings. The maximum atomic E-state index is 6.18. The summed E-state index contributed by atoms with van der Waals surface area (Å²) in [6.07, 6.45) is 1.84. The third-order valence-corrected chi connectivity index (χ3v) is 5.95. The summed E-state index contributed by atoms with van der Waals surface area (Å²) in [5.74, 6) is 1.34. The SMILES string of the molecule is COc1cc(C=Nc2ccc(C)c(C)c2)cc(Br)c1OCc1cccc2ccccc12. The maximum absolute atomic E-state index is 6.18. The Kier molecular flexibility index (Phi) is 6.38. The van der Waals surface area contributed by atoms with Crippen LogP contribution in [0.1, 0.15) is 22.3 Å². The molecule has 0 saturated heterocycles. The molecule has 156 valence electrons. The second-order valence-corrected chi connectivity index (χ2v) is 8.34. The summed E-state index contributed by atoms with van der Waals surface area (Å²) in [5.41, 5.74) is 5.48. The van der Waals surface area contributed by atoms with Gasteiger partial charge in [0.2, 0.25) is 0 Å². The number of halogens is 1. The zero-order chi connectivity index (χ0) is 21.8. The molecular formula is C27H24BrNO2. The largest absolute Gasteiger partial charge is 0.493 e. The highest BCUT2D eigenvalue weighted by Gasteiger charge is 2.12. The van der Waals surface area contributed by atoms with Crippen LogP contribution in [-0.2, 0) is 6.61 Å². The van der Waals surface area contributed by atoms with Crippen LogP contribution in [0.15, 0.2) is 82.3 Å². The molecule has 0 aliphatic heterocycles. The fourth-order valence-electron chi connectivity index (χ4n) is 3.48. The van der Waals surface area contributed by atoms with E-state index in [1.807, 2.05) is 36.5 Å². The minimum Gasteiger partial charge on any atom is -0.493 e. The summed E-state index contributed by atoms with van der Waals surface area (Å²) < 4.78 is 12.6. The van der Waals surface area contributed by atoms with Crippen LogP contribution < -0.4 is 9.47 Å². The lowest BCUT2D eigenvalue weighted by Crippen LogP contribution is -2.00. The van der Waals surface area contributed by atoms with E-state index in [4.69, 9.17) is 9.47 Å². The Bertz CT molecular complexity index is 1260. The Hall–Kier alpha value is -3.11. The van der Waals surface area contributed by atoms with Crippen molar-refractivity contribution in [2.45, 2.75) is 20.5 Å². The van der Waals surface area contributed by atoms with Crippen molar-refractivity contribution in [3.63, 3.8) is 0 Å². The fourth-order valence-corrected chi connectivity index (χ4v) is 4.05. The number of rotatable bonds is 6. The lowest BCUT2D eigenvalue weighted by molar-refractivity contribution is 0.283. The number of fused-ring (bicyclic) bond motifs is 1. The van der Waals surface area contributed by atoms with E-state index in [2.05, 4.69) is 77.2 Å². The smallest absolute Gasteiger partial charge is 0.175 e. The Morgan fingerprint density at radius 2 is 1.71 bits per heavy atom. The van der Waals surface area contributed by atoms with Crippen molar-refractivity contribution in [1.29, 1.82) is 0 Å². The molecule has 0 aliphatic rings. The predicted octanol–water partition coefficient (Wildman–Crippen LogP) is 7.56. The van der Waals surface area contributed by atoms with E-state index in [-0.39, 0.29) is 0 Å². The summed E-state index contributed by atoms with van der Waals surface area (Å²) >= 11 is 3.64. The van der Waals surface area contributed by atoms with Crippen LogP contribution in [0.2, 0.25) is 0 Å². The van der Waals surface area contributed by atoms with Gasteiger partial charge in [0.1, 0.15) is 6.61 Å². The van der Waals surface area contributed by atoms with Gasteiger partial charge in [-0.05, 0) is 87.1 Å². The molecule has 0 atom stereocenters. The summed E-state index contributed by atoms with van der Waals surface area (Å²) in [5, 5.41) is 2.39. The van der Waals surface area contributed by atoms with E-state index in [0.717, 1.165) is 21.3 Å². The number of nitrogens with zero attached hydrogens (tertiary/aromatic N) is 1. The third-order valence-electron chi connectivity index (χ3n) is 5.36. The fraction of sp³-hybridized carbons (Fsp3) is 0.148. The van der Waals surface area contributed by atoms with Crippen molar-refractivity contribution >= 4 is 38.6 Å². The molecule has 4 aromatic rings. The van der Waals surface area contributed by atoms with Crippen molar-refractivity contribution in [1.82, 2.24) is 0 Å². The number of hydrogen-bond donors (Lipinski definition) is 0. The Balaban J connectivity index is 1.57. The van der Waals surface area contributed by atoms with Crippen LogP contribution in [0.4, 0.5) is 5.69 Å². The van der Waals surface area contributed by atoms with E-state index >= 15 is 0 Å². The van der Waals surface area contributed by atoms with Crippen LogP contribution in [0.25, 0.3) is 10.8 Å². The number of benzene rings is 4. The van der Waals surface area contributed by atoms with Gasteiger partial charge in [0, 0.05) is 6.21 Å². The molecular weight excluding hydrogens is 450 g/mol. The average molecular weight is 474 g/mol. The molecule has 4 aromatic carbocycles. The highest BCUT2D eigenvalue weighted by atomic mass is 79.9. The lowest BCUT2D eigenvalue weighted by atomic mass is 10.1. The van der Waals surface area contributed by atoms with Crippen molar-refractivity contribution in [3.05, 3.63) is 99.5 Å². The van der Waals surface area contributed by atoms with E-state index in [0.29, 0.717) is 18.1 Å². The molecule has 4 heteroatoms. The zero-order valence-electron chi connectivity index (χ0n) is 17.9. The quantitative estimate of drug-likeness (QED) is 0.270. The van der Waals surface area contributed by atoms with Gasteiger partial charge in [0.25, 0.3) is 0 Å². The van der Waals surface area contributed by atoms with Crippen molar-refractivity contribution in [2.24, 2.45) is 4.99 Å². The summed E-state index contributed by atoms with van der Waals surface area (Å²) in [4.78, 5) is 4.61. The second-order valence-electron chi connectivity index (χ2n) is 7.49. The lowest BCUT2D eigenvalue weighted by Gasteiger charge is -2.14. The van der Waals surface area contributed by atoms with E-state index in [9.17, 15) is 0 Å². The molecule has 0 N–H and O–H groups in total. The average Bonchev–Trinajstić information content (AvgIpc) is 2.78. The van der Waals surface area contributed by atoms with Gasteiger partial charge in [-0.25, -0.2) is 0 Å². The van der Waals surface area contributed by atoms with Gasteiger partial charge in [-0.15, -0.1) is 0 Å². The topological polar surface area (TPSA) is 30.8 Å². The van der Waals surface area contributed by atoms with Gasteiger partial charge >= 0.3 is 0 Å². The number of aliphatic imine (C=N–C) groups is 1. The Morgan fingerprint density at radius 1 is 0.903 bits per heavy atom. The second kappa shape index (κ2) is 9.36. The molecule has 0 heterocycles. The molecule has 0 aliphatic carbocycles. The first-order chi connectivity index (χ1) is 15.0.